The van der Waals surface area contributed by atoms with Crippen LogP contribution in [-0.4, -0.2) is 18.2 Å². The van der Waals surface area contributed by atoms with E-state index in [1.807, 2.05) is 24.3 Å². The molecule has 0 spiro atoms. The maximum absolute atomic E-state index is 13.7. The van der Waals surface area contributed by atoms with Crippen molar-refractivity contribution in [1.82, 2.24) is 10.6 Å². The van der Waals surface area contributed by atoms with Crippen LogP contribution >= 0.6 is 0 Å². The number of carbonyl (C=O) groups is 1. The zero-order valence-electron chi connectivity index (χ0n) is 11.8. The van der Waals surface area contributed by atoms with Gasteiger partial charge in [0.25, 0.3) is 0 Å². The minimum atomic E-state index is -0.924. The Morgan fingerprint density at radius 2 is 2.14 bits per heavy atom. The van der Waals surface area contributed by atoms with Crippen LogP contribution in [0.5, 0.6) is 0 Å². The molecule has 0 saturated heterocycles. The first-order chi connectivity index (χ1) is 10.2. The van der Waals surface area contributed by atoms with Crippen molar-refractivity contribution in [3.05, 3.63) is 36.1 Å². The number of hydrogen-bond donors (Lipinski definition) is 2. The molecule has 4 nitrogen and oxygen atoms in total. The summed E-state index contributed by atoms with van der Waals surface area (Å²) in [5.41, 5.74) is 1.81. The summed E-state index contributed by atoms with van der Waals surface area (Å²) >= 11 is 0. The quantitative estimate of drug-likeness (QED) is 0.908. The molecule has 5 heteroatoms. The summed E-state index contributed by atoms with van der Waals surface area (Å²) in [4.78, 5) is 11.8. The van der Waals surface area contributed by atoms with Gasteiger partial charge in [0.1, 0.15) is 11.8 Å². The van der Waals surface area contributed by atoms with Crippen LogP contribution in [0, 0.1) is 0 Å². The molecule has 3 rings (SSSR count). The molecule has 0 unspecified atom stereocenters. The third kappa shape index (κ3) is 3.35. The zero-order chi connectivity index (χ0) is 14.7. The smallest absolute Gasteiger partial charge is 0.315 e. The molecular formula is C16H19FN2O2. The van der Waals surface area contributed by atoms with E-state index in [4.69, 9.17) is 4.42 Å². The van der Waals surface area contributed by atoms with Gasteiger partial charge in [-0.1, -0.05) is 18.9 Å². The molecule has 1 aromatic carbocycles. The van der Waals surface area contributed by atoms with Crippen molar-refractivity contribution in [2.75, 3.05) is 0 Å². The SMILES string of the molecule is O=C(NCc1ccc2occc2c1)N[C@@H]1CCCC[C@H]1F. The summed E-state index contributed by atoms with van der Waals surface area (Å²) in [7, 11) is 0. The molecule has 2 N–H and O–H groups in total. The van der Waals surface area contributed by atoms with Gasteiger partial charge in [-0.15, -0.1) is 0 Å². The molecule has 112 valence electrons. The monoisotopic (exact) mass is 290 g/mol. The lowest BCUT2D eigenvalue weighted by atomic mass is 9.94. The highest BCUT2D eigenvalue weighted by Gasteiger charge is 2.25. The Morgan fingerprint density at radius 1 is 1.29 bits per heavy atom. The summed E-state index contributed by atoms with van der Waals surface area (Å²) in [6.07, 6.45) is 3.86. The fraction of sp³-hybridized carbons (Fsp3) is 0.438. The lowest BCUT2D eigenvalue weighted by Gasteiger charge is -2.26. The number of fused-ring (bicyclic) bond motifs is 1. The van der Waals surface area contributed by atoms with Crippen molar-refractivity contribution in [2.24, 2.45) is 0 Å². The zero-order valence-corrected chi connectivity index (χ0v) is 11.8. The number of nitrogens with one attached hydrogen (secondary N) is 2. The number of furan rings is 1. The highest BCUT2D eigenvalue weighted by Crippen LogP contribution is 2.21. The molecule has 2 amide bonds. The molecule has 1 aromatic heterocycles. The Morgan fingerprint density at radius 3 is 3.00 bits per heavy atom. The maximum Gasteiger partial charge on any atom is 0.315 e. The van der Waals surface area contributed by atoms with E-state index in [1.54, 1.807) is 6.26 Å². The first-order valence-corrected chi connectivity index (χ1v) is 7.37. The van der Waals surface area contributed by atoms with Gasteiger partial charge >= 0.3 is 6.03 Å². The number of alkyl halides is 1. The number of hydrogen-bond acceptors (Lipinski definition) is 2. The average Bonchev–Trinajstić information content (AvgIpc) is 2.95. The second-order valence-corrected chi connectivity index (χ2v) is 5.53. The van der Waals surface area contributed by atoms with E-state index < -0.39 is 6.17 Å². The van der Waals surface area contributed by atoms with E-state index in [-0.39, 0.29) is 12.1 Å². The molecule has 0 aliphatic heterocycles. The Balaban J connectivity index is 1.53. The summed E-state index contributed by atoms with van der Waals surface area (Å²) in [6.45, 7) is 0.413. The molecular weight excluding hydrogens is 271 g/mol. The molecule has 1 heterocycles. The van der Waals surface area contributed by atoms with E-state index >= 15 is 0 Å². The molecule has 2 atom stereocenters. The lowest BCUT2D eigenvalue weighted by molar-refractivity contribution is 0.183. The molecule has 21 heavy (non-hydrogen) atoms. The standard InChI is InChI=1S/C16H19FN2O2/c17-13-3-1-2-4-14(13)19-16(20)18-10-11-5-6-15-12(9-11)7-8-21-15/h5-9,13-14H,1-4,10H2,(H2,18,19,20)/t13-,14-/m1/s1. The number of urea groups is 1. The van der Waals surface area contributed by atoms with Gasteiger partial charge in [0.2, 0.25) is 0 Å². The van der Waals surface area contributed by atoms with E-state index in [2.05, 4.69) is 10.6 Å². The summed E-state index contributed by atoms with van der Waals surface area (Å²) < 4.78 is 18.9. The minimum absolute atomic E-state index is 0.308. The predicted molar refractivity (Wildman–Crippen MR) is 78.7 cm³/mol. The molecule has 1 aliphatic carbocycles. The minimum Gasteiger partial charge on any atom is -0.464 e. The first-order valence-electron chi connectivity index (χ1n) is 7.37. The number of carbonyl (C=O) groups excluding carboxylic acids is 1. The van der Waals surface area contributed by atoms with Gasteiger partial charge in [0.15, 0.2) is 0 Å². The molecule has 0 radical (unpaired) electrons. The summed E-state index contributed by atoms with van der Waals surface area (Å²) in [5, 5.41) is 6.51. The third-order valence-corrected chi connectivity index (χ3v) is 3.97. The number of halogens is 1. The van der Waals surface area contributed by atoms with Gasteiger partial charge in [-0.05, 0) is 36.6 Å². The van der Waals surface area contributed by atoms with Crippen molar-refractivity contribution >= 4 is 17.0 Å². The Bertz CT molecular complexity index is 626. The number of amides is 2. The van der Waals surface area contributed by atoms with Crippen molar-refractivity contribution < 1.29 is 13.6 Å². The van der Waals surface area contributed by atoms with Crippen molar-refractivity contribution in [3.8, 4) is 0 Å². The topological polar surface area (TPSA) is 54.3 Å². The van der Waals surface area contributed by atoms with Gasteiger partial charge < -0.3 is 15.1 Å². The fourth-order valence-corrected chi connectivity index (χ4v) is 2.78. The maximum atomic E-state index is 13.7. The number of benzene rings is 1. The summed E-state index contributed by atoms with van der Waals surface area (Å²) in [5.74, 6) is 0. The second-order valence-electron chi connectivity index (χ2n) is 5.53. The fourth-order valence-electron chi connectivity index (χ4n) is 2.78. The van der Waals surface area contributed by atoms with Gasteiger partial charge in [0.05, 0.1) is 12.3 Å². The van der Waals surface area contributed by atoms with Crippen LogP contribution in [0.4, 0.5) is 9.18 Å². The van der Waals surface area contributed by atoms with E-state index in [1.165, 1.54) is 0 Å². The van der Waals surface area contributed by atoms with Crippen LogP contribution < -0.4 is 10.6 Å². The van der Waals surface area contributed by atoms with E-state index in [0.717, 1.165) is 35.8 Å². The number of rotatable bonds is 3. The first kappa shape index (κ1) is 13.9. The second kappa shape index (κ2) is 6.16. The average molecular weight is 290 g/mol. The largest absolute Gasteiger partial charge is 0.464 e. The van der Waals surface area contributed by atoms with Crippen molar-refractivity contribution in [1.29, 1.82) is 0 Å². The van der Waals surface area contributed by atoms with Crippen LogP contribution in [0.2, 0.25) is 0 Å². The Kier molecular flexibility index (Phi) is 4.08. The lowest BCUT2D eigenvalue weighted by Crippen LogP contribution is -2.47. The molecule has 1 saturated carbocycles. The molecule has 2 aromatic rings. The van der Waals surface area contributed by atoms with Gasteiger partial charge in [-0.3, -0.25) is 0 Å². The Hall–Kier alpha value is -2.04. The van der Waals surface area contributed by atoms with Gasteiger partial charge in [-0.2, -0.15) is 0 Å². The molecule has 0 bridgehead atoms. The van der Waals surface area contributed by atoms with Crippen LogP contribution in [-0.2, 0) is 6.54 Å². The summed E-state index contributed by atoms with van der Waals surface area (Å²) in [6, 6.07) is 6.98. The van der Waals surface area contributed by atoms with E-state index in [0.29, 0.717) is 13.0 Å². The van der Waals surface area contributed by atoms with Crippen molar-refractivity contribution in [2.45, 2.75) is 44.4 Å². The van der Waals surface area contributed by atoms with Gasteiger partial charge in [-0.25, -0.2) is 9.18 Å². The van der Waals surface area contributed by atoms with E-state index in [9.17, 15) is 9.18 Å². The third-order valence-electron chi connectivity index (χ3n) is 3.97. The highest BCUT2D eigenvalue weighted by atomic mass is 19.1. The molecule has 1 fully saturated rings. The van der Waals surface area contributed by atoms with Gasteiger partial charge in [0, 0.05) is 11.9 Å². The van der Waals surface area contributed by atoms with Crippen LogP contribution in [0.25, 0.3) is 11.0 Å². The highest BCUT2D eigenvalue weighted by molar-refractivity contribution is 5.78. The molecule has 1 aliphatic rings. The Labute approximate surface area is 122 Å². The van der Waals surface area contributed by atoms with Crippen LogP contribution in [0.15, 0.2) is 34.9 Å². The van der Waals surface area contributed by atoms with Crippen LogP contribution in [0.3, 0.4) is 0 Å². The predicted octanol–water partition coefficient (Wildman–Crippen LogP) is 3.51. The normalized spacial score (nSPS) is 22.1. The van der Waals surface area contributed by atoms with Crippen molar-refractivity contribution in [3.63, 3.8) is 0 Å². The van der Waals surface area contributed by atoms with Crippen LogP contribution in [0.1, 0.15) is 31.2 Å².